The molecule has 7 heteroatoms. The van der Waals surface area contributed by atoms with Crippen LogP contribution in [0.2, 0.25) is 5.02 Å². The van der Waals surface area contributed by atoms with Crippen molar-refractivity contribution in [2.75, 3.05) is 25.1 Å². The van der Waals surface area contributed by atoms with Crippen LogP contribution in [-0.4, -0.2) is 31.9 Å². The van der Waals surface area contributed by atoms with Gasteiger partial charge in [-0.3, -0.25) is 4.79 Å². The monoisotopic (exact) mass is 387 g/mol. The van der Waals surface area contributed by atoms with Crippen LogP contribution in [0.5, 0.6) is 11.5 Å². The fourth-order valence-electron chi connectivity index (χ4n) is 3.05. The summed E-state index contributed by atoms with van der Waals surface area (Å²) in [7, 11) is 0. The van der Waals surface area contributed by atoms with Gasteiger partial charge >= 0.3 is 0 Å². The number of anilines is 1. The average molecular weight is 388 g/mol. The van der Waals surface area contributed by atoms with Crippen LogP contribution < -0.4 is 20.2 Å². The first kappa shape index (κ1) is 19.0. The Balaban J connectivity index is 1.57. The quantitative estimate of drug-likeness (QED) is 0.607. The largest absolute Gasteiger partial charge is 0.486 e. The third kappa shape index (κ3) is 4.71. The molecule has 0 fully saturated rings. The van der Waals surface area contributed by atoms with E-state index in [0.717, 1.165) is 16.8 Å². The molecule has 2 N–H and O–H groups in total. The second kappa shape index (κ2) is 8.31. The van der Waals surface area contributed by atoms with E-state index in [2.05, 4.69) is 34.9 Å². The van der Waals surface area contributed by atoms with Crippen LogP contribution in [0.15, 0.2) is 29.4 Å². The van der Waals surface area contributed by atoms with Gasteiger partial charge in [0.1, 0.15) is 13.2 Å². The van der Waals surface area contributed by atoms with Crippen molar-refractivity contribution in [1.29, 1.82) is 0 Å². The molecule has 0 radical (unpaired) electrons. The number of carbonyl (C=O) groups is 1. The van der Waals surface area contributed by atoms with Gasteiger partial charge in [-0.05, 0) is 49.6 Å². The molecule has 0 bridgehead atoms. The SMILES string of the molecule is Cc1cc(C)c(NCC(=O)N/N=C\c2cc(Cl)c3c(c2)OCCO3)c(C)c1. The van der Waals surface area contributed by atoms with Crippen molar-refractivity contribution < 1.29 is 14.3 Å². The van der Waals surface area contributed by atoms with Gasteiger partial charge in [0.05, 0.1) is 17.8 Å². The Kier molecular flexibility index (Phi) is 5.86. The van der Waals surface area contributed by atoms with Gasteiger partial charge in [-0.2, -0.15) is 5.10 Å². The van der Waals surface area contributed by atoms with E-state index in [0.29, 0.717) is 35.3 Å². The molecule has 3 rings (SSSR count). The van der Waals surface area contributed by atoms with Crippen molar-refractivity contribution in [2.24, 2.45) is 5.10 Å². The maximum atomic E-state index is 12.0. The Morgan fingerprint density at radius 1 is 1.15 bits per heavy atom. The van der Waals surface area contributed by atoms with Gasteiger partial charge in [0.15, 0.2) is 11.5 Å². The van der Waals surface area contributed by atoms with Crippen molar-refractivity contribution in [1.82, 2.24) is 5.43 Å². The number of aryl methyl sites for hydroxylation is 3. The molecule has 2 aromatic rings. The van der Waals surface area contributed by atoms with Crippen molar-refractivity contribution >= 4 is 29.4 Å². The van der Waals surface area contributed by atoms with Crippen LogP contribution in [0.4, 0.5) is 5.69 Å². The smallest absolute Gasteiger partial charge is 0.259 e. The van der Waals surface area contributed by atoms with E-state index in [1.54, 1.807) is 12.1 Å². The van der Waals surface area contributed by atoms with Gasteiger partial charge in [0.2, 0.25) is 0 Å². The molecule has 6 nitrogen and oxygen atoms in total. The van der Waals surface area contributed by atoms with Crippen LogP contribution in [0, 0.1) is 20.8 Å². The first-order chi connectivity index (χ1) is 12.9. The molecule has 1 heterocycles. The zero-order valence-electron chi connectivity index (χ0n) is 15.6. The van der Waals surface area contributed by atoms with Crippen LogP contribution in [0.1, 0.15) is 22.3 Å². The summed E-state index contributed by atoms with van der Waals surface area (Å²) >= 11 is 6.18. The first-order valence-corrected chi connectivity index (χ1v) is 9.04. The lowest BCUT2D eigenvalue weighted by atomic mass is 10.1. The predicted octanol–water partition coefficient (Wildman–Crippen LogP) is 3.60. The molecule has 1 aliphatic heterocycles. The van der Waals surface area contributed by atoms with E-state index >= 15 is 0 Å². The number of carbonyl (C=O) groups excluding carboxylic acids is 1. The number of halogens is 1. The molecule has 0 atom stereocenters. The van der Waals surface area contributed by atoms with Gasteiger partial charge in [0.25, 0.3) is 5.91 Å². The van der Waals surface area contributed by atoms with Crippen molar-refractivity contribution in [2.45, 2.75) is 20.8 Å². The Morgan fingerprint density at radius 2 is 1.85 bits per heavy atom. The molecule has 27 heavy (non-hydrogen) atoms. The predicted molar refractivity (Wildman–Crippen MR) is 107 cm³/mol. The lowest BCUT2D eigenvalue weighted by molar-refractivity contribution is -0.119. The summed E-state index contributed by atoms with van der Waals surface area (Å²) in [6.45, 7) is 7.17. The minimum atomic E-state index is -0.241. The molecule has 0 unspecified atom stereocenters. The normalized spacial score (nSPS) is 12.9. The number of nitrogens with zero attached hydrogens (tertiary/aromatic N) is 1. The number of nitrogens with one attached hydrogen (secondary N) is 2. The number of amides is 1. The average Bonchev–Trinajstić information content (AvgIpc) is 2.61. The molecule has 142 valence electrons. The van der Waals surface area contributed by atoms with E-state index < -0.39 is 0 Å². The Morgan fingerprint density at radius 3 is 2.59 bits per heavy atom. The molecule has 1 aliphatic rings. The summed E-state index contributed by atoms with van der Waals surface area (Å²) in [6.07, 6.45) is 1.52. The Bertz CT molecular complexity index is 873. The highest BCUT2D eigenvalue weighted by molar-refractivity contribution is 6.32. The number of hydrazone groups is 1. The molecule has 0 aromatic heterocycles. The molecule has 0 spiro atoms. The summed E-state index contributed by atoms with van der Waals surface area (Å²) in [4.78, 5) is 12.0. The maximum absolute atomic E-state index is 12.0. The van der Waals surface area contributed by atoms with Gasteiger partial charge in [-0.25, -0.2) is 5.43 Å². The van der Waals surface area contributed by atoms with E-state index in [1.807, 2.05) is 13.8 Å². The molecule has 0 aliphatic carbocycles. The summed E-state index contributed by atoms with van der Waals surface area (Å²) in [6, 6.07) is 7.64. The van der Waals surface area contributed by atoms with Crippen LogP contribution >= 0.6 is 11.6 Å². The number of hydrogen-bond donors (Lipinski definition) is 2. The molecular formula is C20H22ClN3O3. The summed E-state index contributed by atoms with van der Waals surface area (Å²) < 4.78 is 11.0. The highest BCUT2D eigenvalue weighted by atomic mass is 35.5. The maximum Gasteiger partial charge on any atom is 0.259 e. The standard InChI is InChI=1S/C20H22ClN3O3/c1-12-6-13(2)19(14(3)7-12)22-11-18(25)24-23-10-15-8-16(21)20-17(9-15)26-4-5-27-20/h6-10,22H,4-5,11H2,1-3H3,(H,24,25)/b23-10-. The van der Waals surface area contributed by atoms with Crippen LogP contribution in [0.25, 0.3) is 0 Å². The second-order valence-electron chi connectivity index (χ2n) is 6.45. The molecule has 2 aromatic carbocycles. The van der Waals surface area contributed by atoms with Crippen LogP contribution in [-0.2, 0) is 4.79 Å². The number of ether oxygens (including phenoxy) is 2. The molecule has 1 amide bonds. The second-order valence-corrected chi connectivity index (χ2v) is 6.85. The van der Waals surface area contributed by atoms with Crippen LogP contribution in [0.3, 0.4) is 0 Å². The lowest BCUT2D eigenvalue weighted by Gasteiger charge is -2.19. The minimum Gasteiger partial charge on any atom is -0.486 e. The van der Waals surface area contributed by atoms with Gasteiger partial charge < -0.3 is 14.8 Å². The van der Waals surface area contributed by atoms with E-state index in [9.17, 15) is 4.79 Å². The van der Waals surface area contributed by atoms with Crippen molar-refractivity contribution in [3.05, 3.63) is 51.5 Å². The zero-order valence-corrected chi connectivity index (χ0v) is 16.3. The Hall–Kier alpha value is -2.73. The summed E-state index contributed by atoms with van der Waals surface area (Å²) in [5.74, 6) is 0.875. The first-order valence-electron chi connectivity index (χ1n) is 8.67. The van der Waals surface area contributed by atoms with E-state index in [1.165, 1.54) is 11.8 Å². The number of benzene rings is 2. The van der Waals surface area contributed by atoms with E-state index in [-0.39, 0.29) is 12.5 Å². The third-order valence-corrected chi connectivity index (χ3v) is 4.41. The third-order valence-electron chi connectivity index (χ3n) is 4.12. The van der Waals surface area contributed by atoms with Crippen molar-refractivity contribution in [3.8, 4) is 11.5 Å². The number of fused-ring (bicyclic) bond motifs is 1. The summed E-state index contributed by atoms with van der Waals surface area (Å²) in [5, 5.41) is 7.60. The topological polar surface area (TPSA) is 72.0 Å². The van der Waals surface area contributed by atoms with Crippen molar-refractivity contribution in [3.63, 3.8) is 0 Å². The van der Waals surface area contributed by atoms with Gasteiger partial charge in [-0.15, -0.1) is 0 Å². The highest BCUT2D eigenvalue weighted by Crippen LogP contribution is 2.37. The molecule has 0 saturated heterocycles. The molecular weight excluding hydrogens is 366 g/mol. The number of hydrogen-bond acceptors (Lipinski definition) is 5. The van der Waals surface area contributed by atoms with Gasteiger partial charge in [-0.1, -0.05) is 29.3 Å². The highest BCUT2D eigenvalue weighted by Gasteiger charge is 2.16. The number of rotatable bonds is 5. The summed E-state index contributed by atoms with van der Waals surface area (Å²) in [5.41, 5.74) is 7.60. The fourth-order valence-corrected chi connectivity index (χ4v) is 3.32. The fraction of sp³-hybridized carbons (Fsp3) is 0.300. The zero-order chi connectivity index (χ0) is 19.4. The Labute approximate surface area is 163 Å². The van der Waals surface area contributed by atoms with E-state index in [4.69, 9.17) is 21.1 Å². The molecule has 0 saturated carbocycles. The lowest BCUT2D eigenvalue weighted by Crippen LogP contribution is -2.26. The minimum absolute atomic E-state index is 0.129. The van der Waals surface area contributed by atoms with Gasteiger partial charge in [0, 0.05) is 5.69 Å².